The van der Waals surface area contributed by atoms with Gasteiger partial charge in [-0.1, -0.05) is 0 Å². The van der Waals surface area contributed by atoms with Gasteiger partial charge in [0.1, 0.15) is 0 Å². The Morgan fingerprint density at radius 1 is 1.41 bits per heavy atom. The molecule has 0 saturated heterocycles. The van der Waals surface area contributed by atoms with Crippen molar-refractivity contribution in [1.82, 2.24) is 15.1 Å². The smallest absolute Gasteiger partial charge is 0.0700 e. The fraction of sp³-hybridized carbons (Fsp3) is 0.750. The summed E-state index contributed by atoms with van der Waals surface area (Å²) < 4.78 is 12.3. The Hall–Kier alpha value is -0.910. The molecule has 1 atom stereocenters. The van der Waals surface area contributed by atoms with Gasteiger partial charge in [0.15, 0.2) is 0 Å². The van der Waals surface area contributed by atoms with Crippen LogP contribution in [-0.2, 0) is 16.0 Å². The maximum absolute atomic E-state index is 5.47. The zero-order chi connectivity index (χ0) is 12.5. The highest BCUT2D eigenvalue weighted by atomic mass is 16.5. The van der Waals surface area contributed by atoms with Crippen molar-refractivity contribution in [3.63, 3.8) is 0 Å². The van der Waals surface area contributed by atoms with E-state index < -0.39 is 0 Å². The Morgan fingerprint density at radius 2 is 2.24 bits per heavy atom. The van der Waals surface area contributed by atoms with Gasteiger partial charge in [-0.05, 0) is 20.4 Å². The standard InChI is InChI=1S/C12H23N3O2/c1-4-15-10-11(9-14-15)12(13-2)5-6-17-8-7-16-3/h9-10,12-13H,4-8H2,1-3H3. The molecule has 0 fully saturated rings. The third kappa shape index (κ3) is 4.85. The van der Waals surface area contributed by atoms with E-state index in [-0.39, 0.29) is 0 Å². The number of methoxy groups -OCH3 is 1. The molecule has 0 aliphatic heterocycles. The Kier molecular flexibility index (Phi) is 6.84. The molecular weight excluding hydrogens is 218 g/mol. The van der Waals surface area contributed by atoms with Crippen molar-refractivity contribution in [2.75, 3.05) is 34.0 Å². The molecular formula is C12H23N3O2. The third-order valence-electron chi connectivity index (χ3n) is 2.71. The summed E-state index contributed by atoms with van der Waals surface area (Å²) in [6.45, 7) is 5.02. The molecule has 5 heteroatoms. The molecule has 5 nitrogen and oxygen atoms in total. The van der Waals surface area contributed by atoms with Crippen LogP contribution in [0.1, 0.15) is 24.9 Å². The molecule has 0 amide bonds. The molecule has 0 aliphatic carbocycles. The molecule has 1 aromatic heterocycles. The van der Waals surface area contributed by atoms with Gasteiger partial charge in [0.25, 0.3) is 0 Å². The van der Waals surface area contributed by atoms with Gasteiger partial charge in [0.05, 0.1) is 19.4 Å². The average molecular weight is 241 g/mol. The summed E-state index contributed by atoms with van der Waals surface area (Å²) in [4.78, 5) is 0. The second kappa shape index (κ2) is 8.22. The van der Waals surface area contributed by atoms with E-state index in [9.17, 15) is 0 Å². The monoisotopic (exact) mass is 241 g/mol. The molecule has 0 aromatic carbocycles. The molecule has 0 aliphatic rings. The normalized spacial score (nSPS) is 12.9. The zero-order valence-electron chi connectivity index (χ0n) is 11.0. The molecule has 0 radical (unpaired) electrons. The number of ether oxygens (including phenoxy) is 2. The first-order valence-corrected chi connectivity index (χ1v) is 6.08. The van der Waals surface area contributed by atoms with Crippen LogP contribution in [0.5, 0.6) is 0 Å². The zero-order valence-corrected chi connectivity index (χ0v) is 11.0. The van der Waals surface area contributed by atoms with Crippen molar-refractivity contribution in [1.29, 1.82) is 0 Å². The van der Waals surface area contributed by atoms with Crippen LogP contribution in [0.4, 0.5) is 0 Å². The average Bonchev–Trinajstić information content (AvgIpc) is 2.82. The number of nitrogens with zero attached hydrogens (tertiary/aromatic N) is 2. The first-order valence-electron chi connectivity index (χ1n) is 6.08. The van der Waals surface area contributed by atoms with E-state index in [0.29, 0.717) is 19.3 Å². The second-order valence-corrected chi connectivity index (χ2v) is 3.86. The molecule has 1 heterocycles. The molecule has 1 rings (SSSR count). The van der Waals surface area contributed by atoms with Gasteiger partial charge in [-0.2, -0.15) is 5.10 Å². The summed E-state index contributed by atoms with van der Waals surface area (Å²) in [5, 5.41) is 7.56. The Morgan fingerprint density at radius 3 is 2.82 bits per heavy atom. The molecule has 1 aromatic rings. The van der Waals surface area contributed by atoms with Crippen LogP contribution in [0.15, 0.2) is 12.4 Å². The van der Waals surface area contributed by atoms with E-state index in [4.69, 9.17) is 9.47 Å². The lowest BCUT2D eigenvalue weighted by Gasteiger charge is -2.14. The molecule has 98 valence electrons. The van der Waals surface area contributed by atoms with Crippen molar-refractivity contribution in [3.05, 3.63) is 18.0 Å². The van der Waals surface area contributed by atoms with Crippen molar-refractivity contribution < 1.29 is 9.47 Å². The fourth-order valence-electron chi connectivity index (χ4n) is 1.66. The number of hydrogen-bond donors (Lipinski definition) is 1. The Balaban J connectivity index is 2.32. The van der Waals surface area contributed by atoms with Crippen LogP contribution in [0.25, 0.3) is 0 Å². The number of nitrogens with one attached hydrogen (secondary N) is 1. The van der Waals surface area contributed by atoms with Crippen LogP contribution in [-0.4, -0.2) is 43.8 Å². The minimum absolute atomic E-state index is 0.304. The minimum atomic E-state index is 0.304. The third-order valence-corrected chi connectivity index (χ3v) is 2.71. The second-order valence-electron chi connectivity index (χ2n) is 3.86. The lowest BCUT2D eigenvalue weighted by Crippen LogP contribution is -2.18. The topological polar surface area (TPSA) is 48.3 Å². The van der Waals surface area contributed by atoms with Gasteiger partial charge in [-0.15, -0.1) is 0 Å². The maximum atomic E-state index is 5.47. The summed E-state index contributed by atoms with van der Waals surface area (Å²) in [6, 6.07) is 0.304. The van der Waals surface area contributed by atoms with Crippen LogP contribution < -0.4 is 5.32 Å². The largest absolute Gasteiger partial charge is 0.382 e. The SMILES string of the molecule is CCn1cc(C(CCOCCOC)NC)cn1. The molecule has 1 N–H and O–H groups in total. The Labute approximate surface area is 103 Å². The van der Waals surface area contributed by atoms with E-state index in [0.717, 1.165) is 19.6 Å². The van der Waals surface area contributed by atoms with Crippen LogP contribution >= 0.6 is 0 Å². The van der Waals surface area contributed by atoms with Gasteiger partial charge in [-0.3, -0.25) is 4.68 Å². The quantitative estimate of drug-likeness (QED) is 0.660. The van der Waals surface area contributed by atoms with E-state index in [1.165, 1.54) is 5.56 Å². The summed E-state index contributed by atoms with van der Waals surface area (Å²) in [5.74, 6) is 0. The summed E-state index contributed by atoms with van der Waals surface area (Å²) in [5.41, 5.74) is 1.21. The molecule has 1 unspecified atom stereocenters. The molecule has 0 saturated carbocycles. The van der Waals surface area contributed by atoms with Crippen molar-refractivity contribution in [2.45, 2.75) is 25.9 Å². The van der Waals surface area contributed by atoms with Crippen molar-refractivity contribution in [3.8, 4) is 0 Å². The number of rotatable bonds is 9. The van der Waals surface area contributed by atoms with E-state index in [1.807, 2.05) is 17.9 Å². The highest BCUT2D eigenvalue weighted by Gasteiger charge is 2.10. The van der Waals surface area contributed by atoms with Crippen LogP contribution in [0.3, 0.4) is 0 Å². The van der Waals surface area contributed by atoms with Gasteiger partial charge in [0, 0.05) is 38.1 Å². The van der Waals surface area contributed by atoms with Crippen molar-refractivity contribution in [2.24, 2.45) is 0 Å². The highest BCUT2D eigenvalue weighted by molar-refractivity contribution is 5.10. The van der Waals surface area contributed by atoms with Gasteiger partial charge in [-0.25, -0.2) is 0 Å². The fourth-order valence-corrected chi connectivity index (χ4v) is 1.66. The first-order chi connectivity index (χ1) is 8.31. The number of aromatic nitrogens is 2. The summed E-state index contributed by atoms with van der Waals surface area (Å²) >= 11 is 0. The predicted octanol–water partition coefficient (Wildman–Crippen LogP) is 1.22. The number of hydrogen-bond acceptors (Lipinski definition) is 4. The minimum Gasteiger partial charge on any atom is -0.382 e. The van der Waals surface area contributed by atoms with Gasteiger partial charge >= 0.3 is 0 Å². The lowest BCUT2D eigenvalue weighted by molar-refractivity contribution is 0.0661. The van der Waals surface area contributed by atoms with Gasteiger partial charge < -0.3 is 14.8 Å². The predicted molar refractivity (Wildman–Crippen MR) is 67.0 cm³/mol. The van der Waals surface area contributed by atoms with Crippen molar-refractivity contribution >= 4 is 0 Å². The lowest BCUT2D eigenvalue weighted by atomic mass is 10.1. The van der Waals surface area contributed by atoms with Crippen LogP contribution in [0.2, 0.25) is 0 Å². The van der Waals surface area contributed by atoms with E-state index in [1.54, 1.807) is 7.11 Å². The molecule has 17 heavy (non-hydrogen) atoms. The highest BCUT2D eigenvalue weighted by Crippen LogP contribution is 2.15. The summed E-state index contributed by atoms with van der Waals surface area (Å²) in [6.07, 6.45) is 4.94. The molecule has 0 spiro atoms. The van der Waals surface area contributed by atoms with Gasteiger partial charge in [0.2, 0.25) is 0 Å². The summed E-state index contributed by atoms with van der Waals surface area (Å²) in [7, 11) is 3.64. The number of aryl methyl sites for hydroxylation is 1. The first kappa shape index (κ1) is 14.2. The maximum Gasteiger partial charge on any atom is 0.0700 e. The molecule has 0 bridgehead atoms. The van der Waals surface area contributed by atoms with Crippen LogP contribution in [0, 0.1) is 0 Å². The Bertz CT molecular complexity index is 302. The van der Waals surface area contributed by atoms with E-state index in [2.05, 4.69) is 23.5 Å². The van der Waals surface area contributed by atoms with E-state index >= 15 is 0 Å².